The number of ether oxygens (including phenoxy) is 1. The molecule has 120 valence electrons. The Hall–Kier alpha value is -1.12. The molecule has 1 aliphatic rings. The lowest BCUT2D eigenvalue weighted by Gasteiger charge is -2.27. The van der Waals surface area contributed by atoms with Gasteiger partial charge in [0.05, 0.1) is 23.9 Å². The fraction of sp³-hybridized carbons (Fsp3) is 0.643. The Morgan fingerprint density at radius 1 is 1.32 bits per heavy atom. The molecule has 0 aromatic carbocycles. The number of hydrogen-bond donors (Lipinski definition) is 0. The van der Waals surface area contributed by atoms with Crippen LogP contribution in [-0.4, -0.2) is 51.8 Å². The second-order valence-electron chi connectivity index (χ2n) is 5.08. The molecule has 0 unspecified atom stereocenters. The van der Waals surface area contributed by atoms with Crippen LogP contribution in [0.15, 0.2) is 10.5 Å². The maximum atomic E-state index is 5.41. The molecule has 8 heteroatoms. The topological polar surface area (TPSA) is 56.1 Å². The van der Waals surface area contributed by atoms with Gasteiger partial charge in [0.15, 0.2) is 5.16 Å². The maximum absolute atomic E-state index is 5.41. The number of nitrogens with zero attached hydrogens (tertiary/aromatic N) is 5. The number of morpholine rings is 1. The molecule has 0 saturated carbocycles. The van der Waals surface area contributed by atoms with Crippen LogP contribution in [0.3, 0.4) is 0 Å². The quantitative estimate of drug-likeness (QED) is 0.752. The van der Waals surface area contributed by atoms with Crippen LogP contribution in [0.25, 0.3) is 0 Å². The van der Waals surface area contributed by atoms with Crippen LogP contribution in [0.1, 0.15) is 17.6 Å². The highest BCUT2D eigenvalue weighted by atomic mass is 32.2. The Morgan fingerprint density at radius 2 is 2.14 bits per heavy atom. The lowest BCUT2D eigenvalue weighted by molar-refractivity contribution is 0.121. The van der Waals surface area contributed by atoms with Gasteiger partial charge in [-0.1, -0.05) is 11.8 Å². The van der Waals surface area contributed by atoms with Gasteiger partial charge in [0.2, 0.25) is 5.95 Å². The molecule has 0 N–H and O–H groups in total. The Balaban J connectivity index is 1.62. The highest BCUT2D eigenvalue weighted by Crippen LogP contribution is 2.23. The van der Waals surface area contributed by atoms with Crippen molar-refractivity contribution in [1.82, 2.24) is 19.7 Å². The molecule has 1 aliphatic heterocycles. The Morgan fingerprint density at radius 3 is 2.82 bits per heavy atom. The highest BCUT2D eigenvalue weighted by Gasteiger charge is 2.19. The molecule has 0 amide bonds. The van der Waals surface area contributed by atoms with Crippen LogP contribution >= 0.6 is 23.1 Å². The van der Waals surface area contributed by atoms with Crippen molar-refractivity contribution in [2.75, 3.05) is 37.0 Å². The van der Waals surface area contributed by atoms with Gasteiger partial charge >= 0.3 is 0 Å². The number of anilines is 1. The van der Waals surface area contributed by atoms with Crippen LogP contribution in [0.4, 0.5) is 5.95 Å². The summed E-state index contributed by atoms with van der Waals surface area (Å²) >= 11 is 3.47. The van der Waals surface area contributed by atoms with Crippen molar-refractivity contribution >= 4 is 29.0 Å². The van der Waals surface area contributed by atoms with Crippen LogP contribution in [-0.2, 0) is 17.7 Å². The predicted octanol–water partition coefficient (Wildman–Crippen LogP) is 2.23. The van der Waals surface area contributed by atoms with E-state index < -0.39 is 0 Å². The lowest BCUT2D eigenvalue weighted by atomic mass is 10.4. The van der Waals surface area contributed by atoms with Gasteiger partial charge in [-0.2, -0.15) is 0 Å². The van der Waals surface area contributed by atoms with E-state index in [1.807, 2.05) is 6.92 Å². The summed E-state index contributed by atoms with van der Waals surface area (Å²) in [6, 6.07) is 0. The zero-order valence-electron chi connectivity index (χ0n) is 13.0. The fourth-order valence-corrected chi connectivity index (χ4v) is 4.04. The van der Waals surface area contributed by atoms with Gasteiger partial charge in [0.1, 0.15) is 0 Å². The van der Waals surface area contributed by atoms with Crippen LogP contribution < -0.4 is 4.90 Å². The second-order valence-corrected chi connectivity index (χ2v) is 7.21. The molecule has 3 heterocycles. The smallest absolute Gasteiger partial charge is 0.228 e. The van der Waals surface area contributed by atoms with Crippen molar-refractivity contribution < 1.29 is 4.74 Å². The van der Waals surface area contributed by atoms with Gasteiger partial charge in [-0.3, -0.25) is 4.57 Å². The summed E-state index contributed by atoms with van der Waals surface area (Å²) < 4.78 is 7.60. The lowest BCUT2D eigenvalue weighted by Crippen LogP contribution is -2.38. The molecule has 0 spiro atoms. The zero-order chi connectivity index (χ0) is 15.4. The Labute approximate surface area is 138 Å². The Kier molecular flexibility index (Phi) is 5.32. The van der Waals surface area contributed by atoms with Crippen LogP contribution in [0.2, 0.25) is 0 Å². The summed E-state index contributed by atoms with van der Waals surface area (Å²) in [6.45, 7) is 8.38. The van der Waals surface area contributed by atoms with Crippen molar-refractivity contribution in [2.24, 2.45) is 0 Å². The van der Waals surface area contributed by atoms with Crippen LogP contribution in [0.5, 0.6) is 0 Å². The number of rotatable bonds is 6. The molecule has 22 heavy (non-hydrogen) atoms. The Bertz CT molecular complexity index is 606. The van der Waals surface area contributed by atoms with E-state index in [1.165, 1.54) is 5.69 Å². The first kappa shape index (κ1) is 15.8. The van der Waals surface area contributed by atoms with E-state index in [0.717, 1.165) is 61.1 Å². The summed E-state index contributed by atoms with van der Waals surface area (Å²) in [5, 5.41) is 13.0. The minimum absolute atomic E-state index is 0.766. The molecule has 0 radical (unpaired) electrons. The zero-order valence-corrected chi connectivity index (χ0v) is 14.6. The van der Waals surface area contributed by atoms with Crippen LogP contribution in [0, 0.1) is 6.92 Å². The van der Waals surface area contributed by atoms with E-state index in [2.05, 4.69) is 37.0 Å². The van der Waals surface area contributed by atoms with Gasteiger partial charge in [-0.05, 0) is 13.8 Å². The standard InChI is InChI=1S/C14H21N5OS2/c1-3-19-13(18-5-7-20-8-6-18)16-17-14(19)21-9-4-12-10-22-11(2)15-12/h10H,3-9H2,1-2H3. The van der Waals surface area contributed by atoms with Crippen molar-refractivity contribution in [3.05, 3.63) is 16.1 Å². The summed E-state index contributed by atoms with van der Waals surface area (Å²) in [5.74, 6) is 1.95. The van der Waals surface area contributed by atoms with Gasteiger partial charge < -0.3 is 9.64 Å². The molecule has 2 aromatic rings. The number of hydrogen-bond acceptors (Lipinski definition) is 7. The first-order valence-electron chi connectivity index (χ1n) is 7.57. The predicted molar refractivity (Wildman–Crippen MR) is 90.0 cm³/mol. The number of aryl methyl sites for hydroxylation is 2. The normalized spacial score (nSPS) is 15.5. The SMILES string of the molecule is CCn1c(SCCc2csc(C)n2)nnc1N1CCOCC1. The molecule has 3 rings (SSSR count). The molecule has 0 atom stereocenters. The van der Waals surface area contributed by atoms with Crippen molar-refractivity contribution in [3.63, 3.8) is 0 Å². The van der Waals surface area contributed by atoms with Gasteiger partial charge in [-0.15, -0.1) is 21.5 Å². The van der Waals surface area contributed by atoms with E-state index in [-0.39, 0.29) is 0 Å². The van der Waals surface area contributed by atoms with Crippen molar-refractivity contribution in [1.29, 1.82) is 0 Å². The molecule has 6 nitrogen and oxygen atoms in total. The minimum Gasteiger partial charge on any atom is -0.378 e. The summed E-state index contributed by atoms with van der Waals surface area (Å²) in [4.78, 5) is 6.76. The van der Waals surface area contributed by atoms with Gasteiger partial charge in [-0.25, -0.2) is 4.98 Å². The van der Waals surface area contributed by atoms with E-state index in [1.54, 1.807) is 23.1 Å². The molecule has 1 saturated heterocycles. The minimum atomic E-state index is 0.766. The number of aromatic nitrogens is 4. The van der Waals surface area contributed by atoms with E-state index in [0.29, 0.717) is 0 Å². The summed E-state index contributed by atoms with van der Waals surface area (Å²) in [6.07, 6.45) is 0.971. The summed E-state index contributed by atoms with van der Waals surface area (Å²) in [7, 11) is 0. The molecule has 0 aliphatic carbocycles. The summed E-state index contributed by atoms with van der Waals surface area (Å²) in [5.41, 5.74) is 1.17. The molecular weight excluding hydrogens is 318 g/mol. The van der Waals surface area contributed by atoms with E-state index in [4.69, 9.17) is 4.74 Å². The van der Waals surface area contributed by atoms with Gasteiger partial charge in [0.25, 0.3) is 0 Å². The first-order valence-corrected chi connectivity index (χ1v) is 9.44. The van der Waals surface area contributed by atoms with E-state index >= 15 is 0 Å². The fourth-order valence-electron chi connectivity index (χ4n) is 2.43. The molecule has 1 fully saturated rings. The first-order chi connectivity index (χ1) is 10.8. The third kappa shape index (κ3) is 3.61. The average Bonchev–Trinajstić information content (AvgIpc) is 3.14. The van der Waals surface area contributed by atoms with Crippen molar-refractivity contribution in [3.8, 4) is 0 Å². The third-order valence-corrected chi connectivity index (χ3v) is 5.35. The average molecular weight is 339 g/mol. The second kappa shape index (κ2) is 7.43. The maximum Gasteiger partial charge on any atom is 0.228 e. The number of thiazole rings is 1. The van der Waals surface area contributed by atoms with Gasteiger partial charge in [0, 0.05) is 37.2 Å². The molecule has 0 bridgehead atoms. The highest BCUT2D eigenvalue weighted by molar-refractivity contribution is 7.99. The third-order valence-electron chi connectivity index (χ3n) is 3.56. The molecular formula is C14H21N5OS2. The molecule has 2 aromatic heterocycles. The van der Waals surface area contributed by atoms with E-state index in [9.17, 15) is 0 Å². The monoisotopic (exact) mass is 339 g/mol. The largest absolute Gasteiger partial charge is 0.378 e. The number of thioether (sulfide) groups is 1. The van der Waals surface area contributed by atoms with Crippen molar-refractivity contribution in [2.45, 2.75) is 32.0 Å².